The number of carboxylic acids is 4. The minimum absolute atomic E-state index is 0.0759. The molecule has 0 amide bonds. The SMILES string of the molecule is O=C(O)CCOCC(COCCC(=O)O)(COCCC(=O)O)COCCC(=O)O. The summed E-state index contributed by atoms with van der Waals surface area (Å²) in [5, 5.41) is 34.8. The maximum absolute atomic E-state index is 10.6. The summed E-state index contributed by atoms with van der Waals surface area (Å²) in [7, 11) is 0. The van der Waals surface area contributed by atoms with Crippen LogP contribution in [0.5, 0.6) is 0 Å². The fourth-order valence-electron chi connectivity index (χ4n) is 2.04. The first-order valence-corrected chi connectivity index (χ1v) is 8.85. The van der Waals surface area contributed by atoms with E-state index in [0.717, 1.165) is 0 Å². The summed E-state index contributed by atoms with van der Waals surface area (Å²) in [6, 6.07) is 0. The number of hydrogen-bond donors (Lipinski definition) is 4. The molecule has 0 atom stereocenters. The number of ether oxygens (including phenoxy) is 4. The molecular formula is C17H28O12. The first kappa shape index (κ1) is 26.7. The maximum Gasteiger partial charge on any atom is 0.305 e. The molecule has 29 heavy (non-hydrogen) atoms. The fraction of sp³-hybridized carbons (Fsp3) is 0.765. The van der Waals surface area contributed by atoms with Gasteiger partial charge in [0.15, 0.2) is 0 Å². The Hall–Kier alpha value is -2.28. The van der Waals surface area contributed by atoms with Gasteiger partial charge in [-0.3, -0.25) is 19.2 Å². The Morgan fingerprint density at radius 2 is 0.690 bits per heavy atom. The van der Waals surface area contributed by atoms with Crippen molar-refractivity contribution in [3.63, 3.8) is 0 Å². The standard InChI is InChI=1S/C17H28O12/c18-13(19)1-5-26-9-17(10-27-6-2-14(20)21,11-28-7-3-15(22)23)12-29-8-4-16(24)25/h1-12H2,(H,18,19)(H,20,21)(H,22,23)(H,24,25). The summed E-state index contributed by atoms with van der Waals surface area (Å²) in [5.41, 5.74) is -1.01. The van der Waals surface area contributed by atoms with E-state index < -0.39 is 29.3 Å². The lowest BCUT2D eigenvalue weighted by Crippen LogP contribution is -2.42. The fourth-order valence-corrected chi connectivity index (χ4v) is 2.04. The van der Waals surface area contributed by atoms with Crippen molar-refractivity contribution >= 4 is 23.9 Å². The zero-order valence-electron chi connectivity index (χ0n) is 16.0. The summed E-state index contributed by atoms with van der Waals surface area (Å²) >= 11 is 0. The van der Waals surface area contributed by atoms with Gasteiger partial charge in [0, 0.05) is 0 Å². The number of carbonyl (C=O) groups is 4. The highest BCUT2D eigenvalue weighted by atomic mass is 16.5. The lowest BCUT2D eigenvalue weighted by Gasteiger charge is -2.33. The van der Waals surface area contributed by atoms with Crippen LogP contribution < -0.4 is 0 Å². The molecule has 168 valence electrons. The van der Waals surface area contributed by atoms with Gasteiger partial charge in [-0.15, -0.1) is 0 Å². The molecule has 0 aromatic carbocycles. The Morgan fingerprint density at radius 3 is 0.862 bits per heavy atom. The summed E-state index contributed by atoms with van der Waals surface area (Å²) in [4.78, 5) is 42.5. The summed E-state index contributed by atoms with van der Waals surface area (Å²) in [6.07, 6.45) is -0.962. The third-order valence-corrected chi connectivity index (χ3v) is 3.47. The monoisotopic (exact) mass is 424 g/mol. The van der Waals surface area contributed by atoms with Crippen molar-refractivity contribution in [3.8, 4) is 0 Å². The molecule has 0 fully saturated rings. The quantitative estimate of drug-likeness (QED) is 0.191. The van der Waals surface area contributed by atoms with Gasteiger partial charge in [-0.1, -0.05) is 0 Å². The molecule has 4 N–H and O–H groups in total. The van der Waals surface area contributed by atoms with Gasteiger partial charge in [-0.05, 0) is 0 Å². The molecule has 0 bridgehead atoms. The Bertz CT molecular complexity index is 425. The first-order chi connectivity index (χ1) is 13.7. The van der Waals surface area contributed by atoms with E-state index in [1.807, 2.05) is 0 Å². The molecule has 0 aromatic rings. The van der Waals surface area contributed by atoms with E-state index >= 15 is 0 Å². The second-order valence-electron chi connectivity index (χ2n) is 6.29. The van der Waals surface area contributed by atoms with Crippen LogP contribution in [0.15, 0.2) is 0 Å². The molecule has 0 aromatic heterocycles. The second kappa shape index (κ2) is 15.6. The van der Waals surface area contributed by atoms with Crippen LogP contribution in [0.1, 0.15) is 25.7 Å². The van der Waals surface area contributed by atoms with Crippen LogP contribution in [0.3, 0.4) is 0 Å². The number of rotatable bonds is 20. The average Bonchev–Trinajstić information content (AvgIpc) is 2.62. The number of carboxylic acid groups (broad SMARTS) is 4. The van der Waals surface area contributed by atoms with Crippen LogP contribution in [-0.4, -0.2) is 97.2 Å². The Balaban J connectivity index is 4.94. The van der Waals surface area contributed by atoms with Gasteiger partial charge in [0.1, 0.15) is 0 Å². The van der Waals surface area contributed by atoms with Crippen LogP contribution in [0.25, 0.3) is 0 Å². The van der Waals surface area contributed by atoms with E-state index in [1.165, 1.54) is 0 Å². The largest absolute Gasteiger partial charge is 0.481 e. The number of aliphatic carboxylic acids is 4. The smallest absolute Gasteiger partial charge is 0.305 e. The zero-order valence-corrected chi connectivity index (χ0v) is 16.0. The van der Waals surface area contributed by atoms with E-state index in [-0.39, 0.29) is 78.5 Å². The molecular weight excluding hydrogens is 396 g/mol. The predicted octanol–water partition coefficient (Wildman–Crippen LogP) is -0.0620. The first-order valence-electron chi connectivity index (χ1n) is 8.85. The summed E-state index contributed by atoms with van der Waals surface area (Å²) in [5.74, 6) is -4.21. The van der Waals surface area contributed by atoms with Crippen LogP contribution in [-0.2, 0) is 38.1 Å². The van der Waals surface area contributed by atoms with Gasteiger partial charge < -0.3 is 39.4 Å². The lowest BCUT2D eigenvalue weighted by atomic mass is 9.92. The van der Waals surface area contributed by atoms with Crippen molar-refractivity contribution in [1.82, 2.24) is 0 Å². The Labute approximate surface area is 167 Å². The van der Waals surface area contributed by atoms with Crippen LogP contribution >= 0.6 is 0 Å². The molecule has 0 aliphatic heterocycles. The molecule has 0 saturated carbocycles. The van der Waals surface area contributed by atoms with E-state index in [2.05, 4.69) is 0 Å². The topological polar surface area (TPSA) is 186 Å². The normalized spacial score (nSPS) is 11.3. The predicted molar refractivity (Wildman–Crippen MR) is 94.7 cm³/mol. The number of hydrogen-bond acceptors (Lipinski definition) is 8. The molecule has 0 unspecified atom stereocenters. The van der Waals surface area contributed by atoms with Gasteiger partial charge in [0.2, 0.25) is 0 Å². The van der Waals surface area contributed by atoms with Gasteiger partial charge in [-0.2, -0.15) is 0 Å². The van der Waals surface area contributed by atoms with Crippen molar-refractivity contribution in [3.05, 3.63) is 0 Å². The molecule has 0 radical (unpaired) electrons. The highest BCUT2D eigenvalue weighted by molar-refractivity contribution is 5.67. The molecule has 0 saturated heterocycles. The van der Waals surface area contributed by atoms with Crippen LogP contribution in [0, 0.1) is 5.41 Å². The van der Waals surface area contributed by atoms with Gasteiger partial charge in [-0.25, -0.2) is 0 Å². The molecule has 0 heterocycles. The molecule has 0 spiro atoms. The second-order valence-corrected chi connectivity index (χ2v) is 6.29. The molecule has 0 rings (SSSR count). The summed E-state index contributed by atoms with van der Waals surface area (Å²) < 4.78 is 21.5. The van der Waals surface area contributed by atoms with E-state index in [0.29, 0.717) is 0 Å². The third-order valence-electron chi connectivity index (χ3n) is 3.47. The van der Waals surface area contributed by atoms with Crippen molar-refractivity contribution in [2.75, 3.05) is 52.9 Å². The van der Waals surface area contributed by atoms with Crippen molar-refractivity contribution in [2.45, 2.75) is 25.7 Å². The Morgan fingerprint density at radius 1 is 0.483 bits per heavy atom. The van der Waals surface area contributed by atoms with Crippen molar-refractivity contribution in [2.24, 2.45) is 5.41 Å². The van der Waals surface area contributed by atoms with E-state index in [1.54, 1.807) is 0 Å². The van der Waals surface area contributed by atoms with Crippen LogP contribution in [0.4, 0.5) is 0 Å². The third kappa shape index (κ3) is 16.4. The molecule has 12 nitrogen and oxygen atoms in total. The molecule has 0 aliphatic carbocycles. The van der Waals surface area contributed by atoms with Gasteiger partial charge >= 0.3 is 23.9 Å². The minimum Gasteiger partial charge on any atom is -0.481 e. The van der Waals surface area contributed by atoms with E-state index in [4.69, 9.17) is 39.4 Å². The maximum atomic E-state index is 10.6. The minimum atomic E-state index is -1.05. The van der Waals surface area contributed by atoms with Crippen molar-refractivity contribution in [1.29, 1.82) is 0 Å². The van der Waals surface area contributed by atoms with Gasteiger partial charge in [0.25, 0.3) is 0 Å². The lowest BCUT2D eigenvalue weighted by molar-refractivity contribution is -0.142. The molecule has 12 heteroatoms. The van der Waals surface area contributed by atoms with Crippen molar-refractivity contribution < 1.29 is 58.6 Å². The molecule has 0 aliphatic rings. The Kier molecular flexibility index (Phi) is 14.4. The van der Waals surface area contributed by atoms with Gasteiger partial charge in [0.05, 0.1) is 84.0 Å². The summed E-state index contributed by atoms with van der Waals surface area (Å²) in [6.45, 7) is -0.707. The average molecular weight is 424 g/mol. The zero-order chi connectivity index (χ0) is 22.1. The van der Waals surface area contributed by atoms with Crippen LogP contribution in [0.2, 0.25) is 0 Å². The highest BCUT2D eigenvalue weighted by Crippen LogP contribution is 2.21. The van der Waals surface area contributed by atoms with E-state index in [9.17, 15) is 19.2 Å². The highest BCUT2D eigenvalue weighted by Gasteiger charge is 2.33.